The van der Waals surface area contributed by atoms with E-state index in [0.717, 1.165) is 0 Å². The minimum Gasteiger partial charge on any atom is -0.504 e. The van der Waals surface area contributed by atoms with Crippen LogP contribution in [0, 0.1) is 0 Å². The number of nitrogens with two attached hydrogens (primary N) is 2. The fourth-order valence-electron chi connectivity index (χ4n) is 0.464. The second-order valence-electron chi connectivity index (χ2n) is 1.89. The lowest BCUT2D eigenvalue weighted by atomic mass is 10.3. The number of rotatable bonds is 0. The summed E-state index contributed by atoms with van der Waals surface area (Å²) in [7, 11) is 0. The number of hydrogen-bond acceptors (Lipinski definition) is 3. The van der Waals surface area contributed by atoms with Gasteiger partial charge in [0.25, 0.3) is 0 Å². The van der Waals surface area contributed by atoms with E-state index in [1.165, 1.54) is 12.1 Å². The van der Waals surface area contributed by atoms with Crippen LogP contribution < -0.4 is 11.5 Å². The maximum Gasteiger partial charge on any atom is 0.160 e. The van der Waals surface area contributed by atoms with Crippen molar-refractivity contribution in [3.8, 4) is 11.5 Å². The molecule has 0 aromatic heterocycles. The Morgan fingerprint density at radius 2 is 1.33 bits per heavy atom. The summed E-state index contributed by atoms with van der Waals surface area (Å²) in [4.78, 5) is 0. The van der Waals surface area contributed by atoms with E-state index in [9.17, 15) is 0 Å². The predicted octanol–water partition coefficient (Wildman–Crippen LogP) is 0.286. The van der Waals surface area contributed by atoms with E-state index in [-0.39, 0.29) is 16.6 Å². The number of hydrogen-bond donors (Lipinski definition) is 4. The number of thiocarbonyl (C=S) groups is 1. The van der Waals surface area contributed by atoms with Crippen molar-refractivity contribution >= 4 is 17.3 Å². The zero-order valence-electron chi connectivity index (χ0n) is 6.27. The van der Waals surface area contributed by atoms with Crippen LogP contribution in [0.25, 0.3) is 0 Å². The molecule has 0 fully saturated rings. The molecule has 0 aliphatic heterocycles. The van der Waals surface area contributed by atoms with Crippen LogP contribution >= 0.6 is 12.2 Å². The van der Waals surface area contributed by atoms with Gasteiger partial charge in [-0.2, -0.15) is 0 Å². The Balaban J connectivity index is 0.000000261. The molecule has 0 saturated heterocycles. The largest absolute Gasteiger partial charge is 0.504 e. The van der Waals surface area contributed by atoms with E-state index >= 15 is 0 Å². The van der Waals surface area contributed by atoms with Gasteiger partial charge in [0.05, 0.1) is 0 Å². The first-order valence-electron chi connectivity index (χ1n) is 3.06. The van der Waals surface area contributed by atoms with Crippen molar-refractivity contribution in [3.63, 3.8) is 0 Å². The number of benzene rings is 1. The normalized spacial score (nSPS) is 8.00. The monoisotopic (exact) mass is 186 g/mol. The third-order valence-electron chi connectivity index (χ3n) is 0.882. The summed E-state index contributed by atoms with van der Waals surface area (Å²) in [6.07, 6.45) is 0. The molecule has 0 atom stereocenters. The summed E-state index contributed by atoms with van der Waals surface area (Å²) in [6, 6.07) is 6.15. The molecule has 0 bridgehead atoms. The Labute approximate surface area is 75.4 Å². The molecule has 12 heavy (non-hydrogen) atoms. The van der Waals surface area contributed by atoms with Gasteiger partial charge >= 0.3 is 0 Å². The van der Waals surface area contributed by atoms with Gasteiger partial charge in [0.1, 0.15) is 0 Å². The van der Waals surface area contributed by atoms with E-state index in [4.69, 9.17) is 10.2 Å². The van der Waals surface area contributed by atoms with Crippen LogP contribution in [0.3, 0.4) is 0 Å². The van der Waals surface area contributed by atoms with Gasteiger partial charge in [0.15, 0.2) is 16.6 Å². The van der Waals surface area contributed by atoms with E-state index in [0.29, 0.717) is 0 Å². The highest BCUT2D eigenvalue weighted by Gasteiger charge is 1.90. The molecule has 5 heteroatoms. The smallest absolute Gasteiger partial charge is 0.160 e. The lowest BCUT2D eigenvalue weighted by Crippen LogP contribution is -2.18. The first-order chi connectivity index (χ1) is 5.54. The maximum absolute atomic E-state index is 8.67. The zero-order chi connectivity index (χ0) is 9.56. The quantitative estimate of drug-likeness (QED) is 0.345. The molecule has 1 aromatic carbocycles. The molecule has 4 nitrogen and oxygen atoms in total. The Morgan fingerprint density at radius 1 is 1.08 bits per heavy atom. The standard InChI is InChI=1S/C6H6O2.CH4N2S/c7-5-3-1-2-4-6(5)8;2-1(3)4/h1-4,7-8H;(H4,2,3,4). The van der Waals surface area contributed by atoms with Crippen LogP contribution in [0.15, 0.2) is 24.3 Å². The van der Waals surface area contributed by atoms with Gasteiger partial charge in [-0.1, -0.05) is 12.1 Å². The molecule has 0 heterocycles. The third-order valence-corrected chi connectivity index (χ3v) is 0.882. The highest BCUT2D eigenvalue weighted by molar-refractivity contribution is 7.80. The summed E-state index contributed by atoms with van der Waals surface area (Å²) >= 11 is 4.09. The van der Waals surface area contributed by atoms with Gasteiger partial charge in [-0.25, -0.2) is 0 Å². The van der Waals surface area contributed by atoms with E-state index in [2.05, 4.69) is 23.7 Å². The molecule has 0 unspecified atom stereocenters. The Morgan fingerprint density at radius 3 is 1.50 bits per heavy atom. The minimum absolute atomic E-state index is 0.000000000000000222. The van der Waals surface area contributed by atoms with E-state index in [1.54, 1.807) is 12.1 Å². The lowest BCUT2D eigenvalue weighted by Gasteiger charge is -1.91. The van der Waals surface area contributed by atoms with Gasteiger partial charge < -0.3 is 21.7 Å². The summed E-state index contributed by atoms with van der Waals surface area (Å²) in [6.45, 7) is 0. The van der Waals surface area contributed by atoms with E-state index < -0.39 is 0 Å². The van der Waals surface area contributed by atoms with Crippen molar-refractivity contribution in [3.05, 3.63) is 24.3 Å². The van der Waals surface area contributed by atoms with Gasteiger partial charge in [-0.15, -0.1) is 0 Å². The fourth-order valence-corrected chi connectivity index (χ4v) is 0.464. The molecular formula is C7H10N2O2S. The number of para-hydroxylation sites is 2. The lowest BCUT2D eigenvalue weighted by molar-refractivity contribution is 0.404. The Hall–Kier alpha value is -1.49. The van der Waals surface area contributed by atoms with E-state index in [1.807, 2.05) is 0 Å². The Bertz CT molecular complexity index is 240. The summed E-state index contributed by atoms with van der Waals surface area (Å²) in [5.41, 5.74) is 9.24. The molecule has 0 saturated carbocycles. The maximum atomic E-state index is 8.67. The Kier molecular flexibility index (Phi) is 4.55. The zero-order valence-corrected chi connectivity index (χ0v) is 7.08. The van der Waals surface area contributed by atoms with Crippen LogP contribution in [-0.4, -0.2) is 15.3 Å². The fraction of sp³-hybridized carbons (Fsp3) is 0. The van der Waals surface area contributed by atoms with Crippen molar-refractivity contribution in [2.24, 2.45) is 11.5 Å². The first-order valence-corrected chi connectivity index (χ1v) is 3.46. The second kappa shape index (κ2) is 5.20. The van der Waals surface area contributed by atoms with Crippen molar-refractivity contribution in [1.29, 1.82) is 0 Å². The van der Waals surface area contributed by atoms with Gasteiger partial charge in [0, 0.05) is 0 Å². The van der Waals surface area contributed by atoms with Gasteiger partial charge in [-0.3, -0.25) is 0 Å². The number of phenolic OH excluding ortho intramolecular Hbond substituents is 2. The second-order valence-corrected chi connectivity index (χ2v) is 2.36. The average molecular weight is 186 g/mol. The van der Waals surface area contributed by atoms with Crippen molar-refractivity contribution < 1.29 is 10.2 Å². The molecule has 66 valence electrons. The van der Waals surface area contributed by atoms with Gasteiger partial charge in [0.2, 0.25) is 0 Å². The number of aromatic hydroxyl groups is 2. The summed E-state index contributed by atoms with van der Waals surface area (Å²) in [5.74, 6) is -0.153. The van der Waals surface area contributed by atoms with Crippen molar-refractivity contribution in [2.75, 3.05) is 0 Å². The van der Waals surface area contributed by atoms with Crippen LogP contribution in [0.4, 0.5) is 0 Å². The van der Waals surface area contributed by atoms with Crippen LogP contribution in [0.5, 0.6) is 11.5 Å². The van der Waals surface area contributed by atoms with Crippen LogP contribution in [0.2, 0.25) is 0 Å². The molecule has 0 amide bonds. The number of phenols is 2. The first kappa shape index (κ1) is 10.5. The highest BCUT2D eigenvalue weighted by atomic mass is 32.1. The predicted molar refractivity (Wildman–Crippen MR) is 50.7 cm³/mol. The van der Waals surface area contributed by atoms with Crippen molar-refractivity contribution in [2.45, 2.75) is 0 Å². The van der Waals surface area contributed by atoms with Crippen LogP contribution in [-0.2, 0) is 0 Å². The highest BCUT2D eigenvalue weighted by Crippen LogP contribution is 2.21. The molecule has 0 radical (unpaired) electrons. The molecule has 6 N–H and O–H groups in total. The molecule has 0 spiro atoms. The molecule has 0 aliphatic rings. The molecule has 0 aliphatic carbocycles. The molecule has 1 aromatic rings. The molecular weight excluding hydrogens is 176 g/mol. The topological polar surface area (TPSA) is 92.5 Å². The van der Waals surface area contributed by atoms with Gasteiger partial charge in [-0.05, 0) is 24.4 Å². The summed E-state index contributed by atoms with van der Waals surface area (Å²) in [5, 5.41) is 17.3. The van der Waals surface area contributed by atoms with Crippen LogP contribution in [0.1, 0.15) is 0 Å². The molecule has 1 rings (SSSR count). The average Bonchev–Trinajstić information content (AvgIpc) is 1.94. The van der Waals surface area contributed by atoms with Crippen molar-refractivity contribution in [1.82, 2.24) is 0 Å². The SMILES string of the molecule is NC(N)=S.Oc1ccccc1O. The summed E-state index contributed by atoms with van der Waals surface area (Å²) < 4.78 is 0. The third kappa shape index (κ3) is 5.31. The minimum atomic E-state index is -0.0764.